The van der Waals surface area contributed by atoms with Crippen molar-refractivity contribution in [3.8, 4) is 0 Å². The minimum atomic E-state index is -0.352. The normalized spacial score (nSPS) is 15.9. The maximum Gasteiger partial charge on any atom is 0.338 e. The Morgan fingerprint density at radius 1 is 1.17 bits per heavy atom. The van der Waals surface area contributed by atoms with Gasteiger partial charge in [0.05, 0.1) is 29.3 Å². The first kappa shape index (κ1) is 19.5. The minimum Gasteiger partial charge on any atom is -0.460 e. The number of hydrogen-bond donors (Lipinski definition) is 1. The van der Waals surface area contributed by atoms with E-state index in [0.717, 1.165) is 28.2 Å². The molecule has 0 amide bonds. The Labute approximate surface area is 173 Å². The maximum absolute atomic E-state index is 13.0. The SMILES string of the molecule is COCCOC(=O)C1=C(C)Nc2nc3ccccc3n2C1c1ccc(SC)cc1. The number of benzene rings is 2. The van der Waals surface area contributed by atoms with Gasteiger partial charge in [0, 0.05) is 17.7 Å². The highest BCUT2D eigenvalue weighted by Gasteiger charge is 2.34. The Bertz CT molecular complexity index is 1070. The number of carbonyl (C=O) groups excluding carboxylic acids is 1. The van der Waals surface area contributed by atoms with E-state index in [9.17, 15) is 4.79 Å². The number of rotatable bonds is 6. The van der Waals surface area contributed by atoms with Crippen molar-refractivity contribution in [3.63, 3.8) is 0 Å². The molecule has 0 saturated heterocycles. The Balaban J connectivity index is 1.85. The summed E-state index contributed by atoms with van der Waals surface area (Å²) < 4.78 is 12.6. The third-order valence-corrected chi connectivity index (χ3v) is 5.75. The first-order chi connectivity index (χ1) is 14.1. The number of nitrogens with zero attached hydrogens (tertiary/aromatic N) is 2. The summed E-state index contributed by atoms with van der Waals surface area (Å²) in [5, 5.41) is 3.29. The quantitative estimate of drug-likeness (QED) is 0.373. The Morgan fingerprint density at radius 2 is 1.93 bits per heavy atom. The van der Waals surface area contributed by atoms with Crippen molar-refractivity contribution in [2.24, 2.45) is 0 Å². The molecule has 0 bridgehead atoms. The summed E-state index contributed by atoms with van der Waals surface area (Å²) >= 11 is 1.69. The number of thioether (sulfide) groups is 1. The summed E-state index contributed by atoms with van der Waals surface area (Å²) in [4.78, 5) is 18.9. The number of ether oxygens (including phenoxy) is 2. The molecule has 3 aromatic rings. The van der Waals surface area contributed by atoms with Crippen LogP contribution in [-0.4, -0.2) is 42.1 Å². The standard InChI is InChI=1S/C22H23N3O3S/c1-14-19(21(26)28-13-12-27-2)20(15-8-10-16(29-3)11-9-15)25-18-7-5-4-6-17(18)24-22(25)23-14/h4-11,20H,12-13H2,1-3H3,(H,23,24). The van der Waals surface area contributed by atoms with Gasteiger partial charge in [-0.05, 0) is 43.0 Å². The summed E-state index contributed by atoms with van der Waals surface area (Å²) in [6, 6.07) is 15.9. The third kappa shape index (κ3) is 3.63. The second-order valence-electron chi connectivity index (χ2n) is 6.76. The van der Waals surface area contributed by atoms with Crippen LogP contribution in [0.4, 0.5) is 5.95 Å². The van der Waals surface area contributed by atoms with Gasteiger partial charge in [-0.1, -0.05) is 24.3 Å². The van der Waals surface area contributed by atoms with E-state index in [0.29, 0.717) is 12.2 Å². The van der Waals surface area contributed by atoms with Gasteiger partial charge in [0.1, 0.15) is 6.61 Å². The molecular weight excluding hydrogens is 386 g/mol. The fraction of sp³-hybridized carbons (Fsp3) is 0.273. The number of hydrogen-bond acceptors (Lipinski definition) is 6. The monoisotopic (exact) mass is 409 g/mol. The van der Waals surface area contributed by atoms with Crippen molar-refractivity contribution in [1.82, 2.24) is 9.55 Å². The summed E-state index contributed by atoms with van der Waals surface area (Å²) in [6.07, 6.45) is 2.05. The maximum atomic E-state index is 13.0. The number of methoxy groups -OCH3 is 1. The lowest BCUT2D eigenvalue weighted by Gasteiger charge is -2.30. The first-order valence-electron chi connectivity index (χ1n) is 9.38. The molecule has 6 nitrogen and oxygen atoms in total. The van der Waals surface area contributed by atoms with Gasteiger partial charge in [0.15, 0.2) is 0 Å². The molecule has 1 N–H and O–H groups in total. The number of fused-ring (bicyclic) bond motifs is 3. The number of aromatic nitrogens is 2. The van der Waals surface area contributed by atoms with E-state index in [-0.39, 0.29) is 18.6 Å². The van der Waals surface area contributed by atoms with Gasteiger partial charge >= 0.3 is 5.97 Å². The molecule has 1 atom stereocenters. The van der Waals surface area contributed by atoms with E-state index >= 15 is 0 Å². The topological polar surface area (TPSA) is 65.4 Å². The van der Waals surface area contributed by atoms with Crippen molar-refractivity contribution in [2.75, 3.05) is 31.9 Å². The Kier molecular flexibility index (Phi) is 5.60. The second kappa shape index (κ2) is 8.31. The molecule has 0 fully saturated rings. The van der Waals surface area contributed by atoms with Crippen molar-refractivity contribution in [2.45, 2.75) is 17.9 Å². The third-order valence-electron chi connectivity index (χ3n) is 5.00. The molecule has 0 spiro atoms. The summed E-state index contributed by atoms with van der Waals surface area (Å²) in [6.45, 7) is 2.46. The van der Waals surface area contributed by atoms with Crippen LogP contribution in [0.3, 0.4) is 0 Å². The predicted molar refractivity (Wildman–Crippen MR) is 115 cm³/mol. The van der Waals surface area contributed by atoms with Crippen LogP contribution in [0.2, 0.25) is 0 Å². The fourth-order valence-corrected chi connectivity index (χ4v) is 4.03. The van der Waals surface area contributed by atoms with Gasteiger partial charge in [-0.2, -0.15) is 0 Å². The van der Waals surface area contributed by atoms with Gasteiger partial charge in [-0.25, -0.2) is 9.78 Å². The lowest BCUT2D eigenvalue weighted by atomic mass is 9.95. The smallest absolute Gasteiger partial charge is 0.338 e. The number of allylic oxidation sites excluding steroid dienone is 1. The van der Waals surface area contributed by atoms with E-state index in [1.54, 1.807) is 18.9 Å². The summed E-state index contributed by atoms with van der Waals surface area (Å²) in [7, 11) is 1.58. The highest BCUT2D eigenvalue weighted by molar-refractivity contribution is 7.98. The lowest BCUT2D eigenvalue weighted by molar-refractivity contribution is -0.140. The van der Waals surface area contributed by atoms with E-state index < -0.39 is 0 Å². The van der Waals surface area contributed by atoms with Gasteiger partial charge in [0.2, 0.25) is 5.95 Å². The van der Waals surface area contributed by atoms with Gasteiger partial charge in [-0.3, -0.25) is 4.57 Å². The fourth-order valence-electron chi connectivity index (χ4n) is 3.63. The molecule has 2 aromatic carbocycles. The molecule has 0 radical (unpaired) electrons. The van der Waals surface area contributed by atoms with E-state index in [4.69, 9.17) is 14.5 Å². The second-order valence-corrected chi connectivity index (χ2v) is 7.64. The number of esters is 1. The molecule has 29 heavy (non-hydrogen) atoms. The Morgan fingerprint density at radius 3 is 2.66 bits per heavy atom. The van der Waals surface area contributed by atoms with Crippen molar-refractivity contribution < 1.29 is 14.3 Å². The van der Waals surface area contributed by atoms with Gasteiger partial charge in [-0.15, -0.1) is 11.8 Å². The molecule has 1 aliphatic rings. The molecule has 0 saturated carbocycles. The van der Waals surface area contributed by atoms with Crippen LogP contribution >= 0.6 is 11.8 Å². The number of imidazole rings is 1. The molecule has 7 heteroatoms. The summed E-state index contributed by atoms with van der Waals surface area (Å²) in [5.74, 6) is 0.366. The van der Waals surface area contributed by atoms with Gasteiger partial charge in [0.25, 0.3) is 0 Å². The van der Waals surface area contributed by atoms with Crippen LogP contribution in [0.1, 0.15) is 18.5 Å². The molecule has 2 heterocycles. The van der Waals surface area contributed by atoms with Crippen LogP contribution in [0, 0.1) is 0 Å². The number of anilines is 1. The molecular formula is C22H23N3O3S. The lowest BCUT2D eigenvalue weighted by Crippen LogP contribution is -2.29. The molecule has 4 rings (SSSR count). The van der Waals surface area contributed by atoms with E-state index in [1.165, 1.54) is 4.90 Å². The molecule has 0 aliphatic carbocycles. The largest absolute Gasteiger partial charge is 0.460 e. The van der Waals surface area contributed by atoms with Crippen LogP contribution in [0.25, 0.3) is 11.0 Å². The first-order valence-corrected chi connectivity index (χ1v) is 10.6. The highest BCUT2D eigenvalue weighted by Crippen LogP contribution is 2.39. The number of nitrogens with one attached hydrogen (secondary N) is 1. The van der Waals surface area contributed by atoms with Crippen LogP contribution in [0.5, 0.6) is 0 Å². The minimum absolute atomic E-state index is 0.210. The predicted octanol–water partition coefficient (Wildman–Crippen LogP) is 4.24. The van der Waals surface area contributed by atoms with Crippen molar-refractivity contribution >= 4 is 34.7 Å². The van der Waals surface area contributed by atoms with Crippen molar-refractivity contribution in [1.29, 1.82) is 0 Å². The zero-order valence-corrected chi connectivity index (χ0v) is 17.5. The average molecular weight is 410 g/mol. The zero-order chi connectivity index (χ0) is 20.4. The van der Waals surface area contributed by atoms with Gasteiger partial charge < -0.3 is 14.8 Å². The highest BCUT2D eigenvalue weighted by atomic mass is 32.2. The number of para-hydroxylation sites is 2. The molecule has 1 aliphatic heterocycles. The van der Waals surface area contributed by atoms with Crippen molar-refractivity contribution in [3.05, 3.63) is 65.4 Å². The summed E-state index contributed by atoms with van der Waals surface area (Å²) in [5.41, 5.74) is 4.17. The van der Waals surface area contributed by atoms with E-state index in [2.05, 4.69) is 34.1 Å². The van der Waals surface area contributed by atoms with E-state index in [1.807, 2.05) is 37.4 Å². The Hall–Kier alpha value is -2.77. The van der Waals surface area contributed by atoms with Crippen LogP contribution < -0.4 is 5.32 Å². The molecule has 150 valence electrons. The molecule has 1 aromatic heterocycles. The zero-order valence-electron chi connectivity index (χ0n) is 16.6. The average Bonchev–Trinajstić information content (AvgIpc) is 3.10. The van der Waals surface area contributed by atoms with Crippen LogP contribution in [0.15, 0.2) is 64.7 Å². The van der Waals surface area contributed by atoms with Crippen LogP contribution in [-0.2, 0) is 14.3 Å². The molecule has 1 unspecified atom stereocenters. The number of carbonyl (C=O) groups is 1.